The van der Waals surface area contributed by atoms with Gasteiger partial charge in [-0.1, -0.05) is 0 Å². The maximum absolute atomic E-state index is 3.12. The van der Waals surface area contributed by atoms with E-state index < -0.39 is 13.3 Å². The molecule has 29 heavy (non-hydrogen) atoms. The van der Waals surface area contributed by atoms with Crippen LogP contribution in [0.1, 0.15) is 0 Å². The van der Waals surface area contributed by atoms with Gasteiger partial charge in [-0.3, -0.25) is 0 Å². The second kappa shape index (κ2) is 9.87. The van der Waals surface area contributed by atoms with E-state index in [2.05, 4.69) is 187 Å². The summed E-state index contributed by atoms with van der Waals surface area (Å²) in [6.07, 6.45) is 0. The van der Waals surface area contributed by atoms with Crippen LogP contribution in [0.4, 0.5) is 0 Å². The SMILES string of the molecule is Ic1cc[c]([Ge]([c]2ccc(I)cc2)([c]2ccc(I)cc2)[c]2ccc(I)cc2)cc1. The summed E-state index contributed by atoms with van der Waals surface area (Å²) in [5.41, 5.74) is 0. The van der Waals surface area contributed by atoms with Gasteiger partial charge in [-0.2, -0.15) is 0 Å². The summed E-state index contributed by atoms with van der Waals surface area (Å²) in [7, 11) is 0. The molecule has 4 rings (SSSR count). The molecule has 0 aliphatic carbocycles. The van der Waals surface area contributed by atoms with Crippen molar-refractivity contribution in [1.29, 1.82) is 0 Å². The van der Waals surface area contributed by atoms with E-state index in [0.29, 0.717) is 0 Å². The molecule has 0 radical (unpaired) electrons. The predicted octanol–water partition coefficient (Wildman–Crippen LogP) is 5.48. The topological polar surface area (TPSA) is 0 Å². The molecular weight excluding hydrogens is 868 g/mol. The van der Waals surface area contributed by atoms with Crippen molar-refractivity contribution >= 4 is 121 Å². The summed E-state index contributed by atoms with van der Waals surface area (Å²) >= 11 is 6.48. The monoisotopic (exact) mass is 886 g/mol. The van der Waals surface area contributed by atoms with Crippen molar-refractivity contribution in [2.75, 3.05) is 0 Å². The molecular formula is C24H16GeI4. The van der Waals surface area contributed by atoms with Crippen molar-refractivity contribution in [3.05, 3.63) is 111 Å². The number of hydrogen-bond acceptors (Lipinski definition) is 0. The summed E-state index contributed by atoms with van der Waals surface area (Å²) in [5.74, 6) is 0. The molecule has 0 heterocycles. The van der Waals surface area contributed by atoms with Crippen LogP contribution in [0.15, 0.2) is 97.1 Å². The van der Waals surface area contributed by atoms with E-state index in [4.69, 9.17) is 0 Å². The molecule has 0 amide bonds. The molecule has 0 bridgehead atoms. The Bertz CT molecular complexity index is 916. The van der Waals surface area contributed by atoms with Gasteiger partial charge in [0, 0.05) is 0 Å². The molecule has 0 saturated heterocycles. The predicted molar refractivity (Wildman–Crippen MR) is 161 cm³/mol. The van der Waals surface area contributed by atoms with Gasteiger partial charge in [0.2, 0.25) is 0 Å². The first-order chi connectivity index (χ1) is 14.0. The van der Waals surface area contributed by atoms with Gasteiger partial charge in [0.05, 0.1) is 0 Å². The Morgan fingerprint density at radius 3 is 0.655 bits per heavy atom. The molecule has 0 fully saturated rings. The average Bonchev–Trinajstić information content (AvgIpc) is 2.73. The summed E-state index contributed by atoms with van der Waals surface area (Å²) in [5, 5.41) is 0. The molecule has 144 valence electrons. The molecule has 0 aliphatic rings. The van der Waals surface area contributed by atoms with Gasteiger partial charge in [0.15, 0.2) is 0 Å². The third-order valence-corrected chi connectivity index (χ3v) is 18.1. The zero-order chi connectivity index (χ0) is 20.4. The second-order valence-corrected chi connectivity index (χ2v) is 19.8. The van der Waals surface area contributed by atoms with E-state index in [1.807, 2.05) is 0 Å². The fraction of sp³-hybridized carbons (Fsp3) is 0. The first-order valence-electron chi connectivity index (χ1n) is 9.04. The Kier molecular flexibility index (Phi) is 7.67. The van der Waals surface area contributed by atoms with Crippen molar-refractivity contribution in [3.8, 4) is 0 Å². The van der Waals surface area contributed by atoms with Crippen LogP contribution in [-0.4, -0.2) is 13.3 Å². The van der Waals surface area contributed by atoms with Crippen LogP contribution in [0.25, 0.3) is 0 Å². The fourth-order valence-corrected chi connectivity index (χ4v) is 15.0. The molecule has 0 N–H and O–H groups in total. The molecule has 0 aromatic heterocycles. The second-order valence-electron chi connectivity index (χ2n) is 6.78. The van der Waals surface area contributed by atoms with E-state index in [1.54, 1.807) is 0 Å². The summed E-state index contributed by atoms with van der Waals surface area (Å²) in [4.78, 5) is 0. The molecule has 0 aliphatic heterocycles. The van der Waals surface area contributed by atoms with Gasteiger partial charge in [-0.05, 0) is 0 Å². The van der Waals surface area contributed by atoms with E-state index in [1.165, 1.54) is 31.9 Å². The van der Waals surface area contributed by atoms with E-state index in [9.17, 15) is 0 Å². The Morgan fingerprint density at radius 2 is 0.483 bits per heavy atom. The van der Waals surface area contributed by atoms with Gasteiger partial charge in [-0.25, -0.2) is 0 Å². The Balaban J connectivity index is 2.11. The fourth-order valence-electron chi connectivity index (χ4n) is 3.80. The van der Waals surface area contributed by atoms with Gasteiger partial charge in [0.1, 0.15) is 0 Å². The van der Waals surface area contributed by atoms with Crippen LogP contribution < -0.4 is 17.6 Å². The summed E-state index contributed by atoms with van der Waals surface area (Å²) in [6.45, 7) is 0. The Morgan fingerprint density at radius 1 is 0.310 bits per heavy atom. The molecule has 0 atom stereocenters. The van der Waals surface area contributed by atoms with Crippen LogP contribution >= 0.6 is 90.4 Å². The number of hydrogen-bond donors (Lipinski definition) is 0. The molecule has 0 unspecified atom stereocenters. The molecule has 0 spiro atoms. The van der Waals surface area contributed by atoms with E-state index >= 15 is 0 Å². The molecule has 5 heteroatoms. The van der Waals surface area contributed by atoms with Crippen molar-refractivity contribution in [2.45, 2.75) is 0 Å². The molecule has 4 aromatic carbocycles. The number of benzene rings is 4. The zero-order valence-corrected chi connectivity index (χ0v) is 26.0. The van der Waals surface area contributed by atoms with Crippen molar-refractivity contribution in [1.82, 2.24) is 0 Å². The zero-order valence-electron chi connectivity index (χ0n) is 15.2. The minimum absolute atomic E-state index is 1.27. The quantitative estimate of drug-likeness (QED) is 0.188. The van der Waals surface area contributed by atoms with Crippen molar-refractivity contribution in [3.63, 3.8) is 0 Å². The standard InChI is InChI=1S/C24H16GeI4/c26-21-9-1-17(2-10-21)25(18-3-11-22(27)12-4-18,19-5-13-23(28)14-6-19)20-7-15-24(29)16-8-20/h1-16H. The van der Waals surface area contributed by atoms with Gasteiger partial charge in [-0.15, -0.1) is 0 Å². The normalized spacial score (nSPS) is 11.4. The summed E-state index contributed by atoms with van der Waals surface area (Å²) < 4.78 is 11.0. The van der Waals surface area contributed by atoms with Crippen LogP contribution in [0.3, 0.4) is 0 Å². The van der Waals surface area contributed by atoms with Crippen LogP contribution in [0, 0.1) is 14.3 Å². The molecule has 0 saturated carbocycles. The molecule has 0 nitrogen and oxygen atoms in total. The Labute approximate surface area is 229 Å². The Hall–Kier alpha value is 0.343. The first-order valence-corrected chi connectivity index (χ1v) is 17.6. The van der Waals surface area contributed by atoms with Crippen LogP contribution in [-0.2, 0) is 0 Å². The van der Waals surface area contributed by atoms with Crippen LogP contribution in [0.5, 0.6) is 0 Å². The van der Waals surface area contributed by atoms with E-state index in [0.717, 1.165) is 0 Å². The minimum atomic E-state index is -3.12. The first kappa shape index (κ1) is 22.5. The number of halogens is 4. The third kappa shape index (κ3) is 4.75. The van der Waals surface area contributed by atoms with E-state index in [-0.39, 0.29) is 0 Å². The summed E-state index contributed by atoms with van der Waals surface area (Å²) in [6, 6.07) is 36.9. The van der Waals surface area contributed by atoms with Gasteiger partial charge in [0.25, 0.3) is 0 Å². The average molecular weight is 885 g/mol. The van der Waals surface area contributed by atoms with Crippen molar-refractivity contribution in [2.24, 2.45) is 0 Å². The third-order valence-electron chi connectivity index (χ3n) is 5.11. The molecule has 4 aromatic rings. The van der Waals surface area contributed by atoms with Gasteiger partial charge < -0.3 is 0 Å². The van der Waals surface area contributed by atoms with Crippen LogP contribution in [0.2, 0.25) is 0 Å². The maximum atomic E-state index is 2.40. The number of rotatable bonds is 4. The van der Waals surface area contributed by atoms with Gasteiger partial charge >= 0.3 is 233 Å². The van der Waals surface area contributed by atoms with Crippen molar-refractivity contribution < 1.29 is 0 Å².